The molecule has 0 amide bonds. The Labute approximate surface area is 104 Å². The zero-order valence-corrected chi connectivity index (χ0v) is 12.1. The van der Waals surface area contributed by atoms with Crippen LogP contribution in [0.2, 0.25) is 0 Å². The molecule has 0 atom stereocenters. The van der Waals surface area contributed by atoms with Gasteiger partial charge in [0.15, 0.2) is 0 Å². The van der Waals surface area contributed by atoms with Crippen molar-refractivity contribution in [1.82, 2.24) is 0 Å². The van der Waals surface area contributed by atoms with E-state index in [2.05, 4.69) is 20.8 Å². The van der Waals surface area contributed by atoms with Crippen molar-refractivity contribution in [3.05, 3.63) is 0 Å². The minimum absolute atomic E-state index is 1.15. The first-order valence-electron chi connectivity index (χ1n) is 7.85. The number of hydrogen-bond acceptors (Lipinski definition) is 0. The van der Waals surface area contributed by atoms with E-state index in [0.29, 0.717) is 0 Å². The van der Waals surface area contributed by atoms with Gasteiger partial charge in [-0.1, -0.05) is 97.8 Å². The van der Waals surface area contributed by atoms with Crippen LogP contribution in [0.25, 0.3) is 0 Å². The zero-order chi connectivity index (χ0) is 12.1. The molecule has 1 fully saturated rings. The Morgan fingerprint density at radius 3 is 1.44 bits per heavy atom. The van der Waals surface area contributed by atoms with Gasteiger partial charge >= 0.3 is 0 Å². The molecule has 0 aromatic heterocycles. The van der Waals surface area contributed by atoms with Crippen LogP contribution in [0.3, 0.4) is 0 Å². The maximum Gasteiger partial charge on any atom is -0.0414 e. The number of unbranched alkanes of at least 4 members (excludes halogenated alkanes) is 7. The van der Waals surface area contributed by atoms with Gasteiger partial charge in [-0.2, -0.15) is 0 Å². The van der Waals surface area contributed by atoms with Gasteiger partial charge in [0.05, 0.1) is 0 Å². The molecule has 1 aliphatic carbocycles. The molecule has 0 heterocycles. The van der Waals surface area contributed by atoms with Gasteiger partial charge in [-0.05, 0) is 5.92 Å². The minimum Gasteiger partial charge on any atom is -0.0654 e. The van der Waals surface area contributed by atoms with Gasteiger partial charge in [-0.3, -0.25) is 0 Å². The van der Waals surface area contributed by atoms with E-state index in [9.17, 15) is 0 Å². The van der Waals surface area contributed by atoms with E-state index in [1.807, 2.05) is 0 Å². The highest BCUT2D eigenvalue weighted by Crippen LogP contribution is 2.33. The average Bonchev–Trinajstić information content (AvgIpc) is 3.10. The van der Waals surface area contributed by atoms with Gasteiger partial charge in [0.25, 0.3) is 0 Å². The van der Waals surface area contributed by atoms with Crippen molar-refractivity contribution in [2.75, 3.05) is 0 Å². The molecular weight excluding hydrogens is 192 g/mol. The van der Waals surface area contributed by atoms with Gasteiger partial charge in [-0.25, -0.2) is 0 Å². The lowest BCUT2D eigenvalue weighted by Gasteiger charge is -1.93. The van der Waals surface area contributed by atoms with Crippen molar-refractivity contribution in [1.29, 1.82) is 0 Å². The molecule has 98 valence electrons. The predicted molar refractivity (Wildman–Crippen MR) is 75.9 cm³/mol. The lowest BCUT2D eigenvalue weighted by molar-refractivity contribution is 0.620. The fourth-order valence-corrected chi connectivity index (χ4v) is 1.94. The highest BCUT2D eigenvalue weighted by molar-refractivity contribution is 4.72. The summed E-state index contributed by atoms with van der Waals surface area (Å²) in [5, 5.41) is 0. The molecule has 1 aliphatic rings. The standard InChI is InChI=1S/C8H16.C8H18/c1-2-3-4-5-8-6-7-8;1-3-5-7-8-6-4-2/h8H,2-7H2,1H3;3-8H2,1-2H3. The second kappa shape index (κ2) is 13.1. The molecule has 0 nitrogen and oxygen atoms in total. The summed E-state index contributed by atoms with van der Waals surface area (Å²) in [7, 11) is 0. The Balaban J connectivity index is 0.000000281. The van der Waals surface area contributed by atoms with E-state index >= 15 is 0 Å². The molecule has 1 rings (SSSR count). The summed E-state index contributed by atoms with van der Waals surface area (Å²) in [6.45, 7) is 6.78. The first-order valence-corrected chi connectivity index (χ1v) is 7.85. The molecular formula is C16H34. The summed E-state index contributed by atoms with van der Waals surface area (Å²) < 4.78 is 0. The molecule has 0 unspecified atom stereocenters. The number of hydrogen-bond donors (Lipinski definition) is 0. The SMILES string of the molecule is CCCCCC1CC1.CCCCCCCC. The molecule has 0 aromatic rings. The Hall–Kier alpha value is 0. The zero-order valence-electron chi connectivity index (χ0n) is 12.1. The van der Waals surface area contributed by atoms with Crippen LogP contribution in [-0.4, -0.2) is 0 Å². The van der Waals surface area contributed by atoms with Crippen molar-refractivity contribution in [3.8, 4) is 0 Å². The topological polar surface area (TPSA) is 0 Å². The van der Waals surface area contributed by atoms with Crippen molar-refractivity contribution >= 4 is 0 Å². The molecule has 16 heavy (non-hydrogen) atoms. The molecule has 0 heteroatoms. The van der Waals surface area contributed by atoms with Crippen molar-refractivity contribution in [3.63, 3.8) is 0 Å². The summed E-state index contributed by atoms with van der Waals surface area (Å²) in [4.78, 5) is 0. The lowest BCUT2D eigenvalue weighted by Crippen LogP contribution is -1.75. The quantitative estimate of drug-likeness (QED) is 0.402. The van der Waals surface area contributed by atoms with Crippen molar-refractivity contribution < 1.29 is 0 Å². The first-order chi connectivity index (χ1) is 7.85. The van der Waals surface area contributed by atoms with Gasteiger partial charge in [0, 0.05) is 0 Å². The Morgan fingerprint density at radius 1 is 0.625 bits per heavy atom. The van der Waals surface area contributed by atoms with Crippen LogP contribution in [0.1, 0.15) is 97.8 Å². The molecule has 1 saturated carbocycles. The van der Waals surface area contributed by atoms with Crippen LogP contribution < -0.4 is 0 Å². The molecule has 0 radical (unpaired) electrons. The van der Waals surface area contributed by atoms with Gasteiger partial charge < -0.3 is 0 Å². The van der Waals surface area contributed by atoms with Crippen LogP contribution in [0.4, 0.5) is 0 Å². The lowest BCUT2D eigenvalue weighted by atomic mass is 10.1. The van der Waals surface area contributed by atoms with Gasteiger partial charge in [0.1, 0.15) is 0 Å². The van der Waals surface area contributed by atoms with Crippen LogP contribution in [0, 0.1) is 5.92 Å². The third-order valence-corrected chi connectivity index (χ3v) is 3.37. The maximum atomic E-state index is 2.27. The summed E-state index contributed by atoms with van der Waals surface area (Å²) in [5.74, 6) is 1.15. The summed E-state index contributed by atoms with van der Waals surface area (Å²) in [6, 6.07) is 0. The normalized spacial score (nSPS) is 14.4. The second-order valence-corrected chi connectivity index (χ2v) is 5.35. The Kier molecular flexibility index (Phi) is 13.1. The Morgan fingerprint density at radius 2 is 1.06 bits per heavy atom. The van der Waals surface area contributed by atoms with Crippen LogP contribution in [-0.2, 0) is 0 Å². The average molecular weight is 226 g/mol. The fraction of sp³-hybridized carbons (Fsp3) is 1.00. The van der Waals surface area contributed by atoms with Gasteiger partial charge in [-0.15, -0.1) is 0 Å². The van der Waals surface area contributed by atoms with E-state index in [-0.39, 0.29) is 0 Å². The second-order valence-electron chi connectivity index (χ2n) is 5.35. The van der Waals surface area contributed by atoms with Crippen LogP contribution in [0.15, 0.2) is 0 Å². The molecule has 0 spiro atoms. The number of rotatable bonds is 9. The largest absolute Gasteiger partial charge is 0.0654 e. The monoisotopic (exact) mass is 226 g/mol. The van der Waals surface area contributed by atoms with Crippen molar-refractivity contribution in [2.24, 2.45) is 5.92 Å². The molecule has 0 bridgehead atoms. The Bertz CT molecular complexity index is 107. The van der Waals surface area contributed by atoms with E-state index < -0.39 is 0 Å². The highest BCUT2D eigenvalue weighted by Gasteiger charge is 2.19. The van der Waals surface area contributed by atoms with E-state index in [1.165, 1.54) is 77.0 Å². The predicted octanol–water partition coefficient (Wildman–Crippen LogP) is 6.34. The van der Waals surface area contributed by atoms with Crippen LogP contribution in [0.5, 0.6) is 0 Å². The van der Waals surface area contributed by atoms with Gasteiger partial charge in [0.2, 0.25) is 0 Å². The maximum absolute atomic E-state index is 2.27. The van der Waals surface area contributed by atoms with Crippen LogP contribution >= 0.6 is 0 Å². The smallest absolute Gasteiger partial charge is 0.0414 e. The molecule has 0 N–H and O–H groups in total. The molecule has 0 aliphatic heterocycles. The third kappa shape index (κ3) is 14.0. The summed E-state index contributed by atoms with van der Waals surface area (Å²) in [6.07, 6.45) is 17.4. The van der Waals surface area contributed by atoms with Crippen molar-refractivity contribution in [2.45, 2.75) is 97.8 Å². The van der Waals surface area contributed by atoms with E-state index in [0.717, 1.165) is 5.92 Å². The van der Waals surface area contributed by atoms with E-state index in [1.54, 1.807) is 0 Å². The minimum atomic E-state index is 1.15. The third-order valence-electron chi connectivity index (χ3n) is 3.37. The molecule has 0 aromatic carbocycles. The fourth-order valence-electron chi connectivity index (χ4n) is 1.94. The highest BCUT2D eigenvalue weighted by atomic mass is 14.2. The van der Waals surface area contributed by atoms with E-state index in [4.69, 9.17) is 0 Å². The molecule has 0 saturated heterocycles. The summed E-state index contributed by atoms with van der Waals surface area (Å²) >= 11 is 0. The first kappa shape index (κ1) is 16.0. The summed E-state index contributed by atoms with van der Waals surface area (Å²) in [5.41, 5.74) is 0.